The van der Waals surface area contributed by atoms with Gasteiger partial charge < -0.3 is 20.5 Å². The summed E-state index contributed by atoms with van der Waals surface area (Å²) in [7, 11) is 1.61. The summed E-state index contributed by atoms with van der Waals surface area (Å²) in [6, 6.07) is 0. The summed E-state index contributed by atoms with van der Waals surface area (Å²) >= 11 is 0. The van der Waals surface area contributed by atoms with Gasteiger partial charge in [0.25, 0.3) is 0 Å². The van der Waals surface area contributed by atoms with E-state index in [1.807, 2.05) is 0 Å². The standard InChI is InChI=1S/C11H17N7O2/c1-20-7-5-17(4-6-19)10-14-9(12)15-11(16-10)18-3-2-13-8-18/h2-3,8,19H,4-7H2,1H3,(H2,12,14,15,16). The lowest BCUT2D eigenvalue weighted by molar-refractivity contribution is 0.202. The Morgan fingerprint density at radius 1 is 1.35 bits per heavy atom. The van der Waals surface area contributed by atoms with Gasteiger partial charge in [0, 0.05) is 32.6 Å². The topological polar surface area (TPSA) is 115 Å². The number of methoxy groups -OCH3 is 1. The van der Waals surface area contributed by atoms with Crippen LogP contribution in [-0.2, 0) is 4.74 Å². The van der Waals surface area contributed by atoms with E-state index in [1.54, 1.807) is 35.3 Å². The van der Waals surface area contributed by atoms with Gasteiger partial charge in [0.1, 0.15) is 6.33 Å². The molecule has 2 aromatic rings. The van der Waals surface area contributed by atoms with Crippen molar-refractivity contribution in [1.29, 1.82) is 0 Å². The molecule has 108 valence electrons. The summed E-state index contributed by atoms with van der Waals surface area (Å²) in [5.41, 5.74) is 5.71. The molecule has 0 amide bonds. The third kappa shape index (κ3) is 3.39. The van der Waals surface area contributed by atoms with Gasteiger partial charge in [0.15, 0.2) is 0 Å². The molecule has 0 atom stereocenters. The molecule has 0 aliphatic carbocycles. The maximum Gasteiger partial charge on any atom is 0.241 e. The van der Waals surface area contributed by atoms with E-state index in [0.29, 0.717) is 31.6 Å². The van der Waals surface area contributed by atoms with Crippen molar-refractivity contribution < 1.29 is 9.84 Å². The van der Waals surface area contributed by atoms with Crippen LogP contribution in [0.15, 0.2) is 18.7 Å². The molecule has 2 rings (SSSR count). The number of hydrogen-bond acceptors (Lipinski definition) is 8. The second kappa shape index (κ2) is 6.78. The fourth-order valence-corrected chi connectivity index (χ4v) is 1.64. The van der Waals surface area contributed by atoms with Crippen molar-refractivity contribution in [2.45, 2.75) is 0 Å². The number of aliphatic hydroxyl groups is 1. The smallest absolute Gasteiger partial charge is 0.241 e. The first-order chi connectivity index (χ1) is 9.74. The fraction of sp³-hybridized carbons (Fsp3) is 0.455. The number of anilines is 2. The first-order valence-corrected chi connectivity index (χ1v) is 6.09. The molecule has 0 saturated heterocycles. The predicted octanol–water partition coefficient (Wildman–Crippen LogP) is -0.915. The van der Waals surface area contributed by atoms with Crippen LogP contribution < -0.4 is 10.6 Å². The predicted molar refractivity (Wildman–Crippen MR) is 72.5 cm³/mol. The van der Waals surface area contributed by atoms with Crippen molar-refractivity contribution >= 4 is 11.9 Å². The fourth-order valence-electron chi connectivity index (χ4n) is 1.64. The molecule has 0 aliphatic heterocycles. The Labute approximate surface area is 116 Å². The van der Waals surface area contributed by atoms with Gasteiger partial charge in [-0.2, -0.15) is 15.0 Å². The zero-order valence-electron chi connectivity index (χ0n) is 11.2. The van der Waals surface area contributed by atoms with E-state index >= 15 is 0 Å². The molecule has 0 unspecified atom stereocenters. The largest absolute Gasteiger partial charge is 0.395 e. The summed E-state index contributed by atoms with van der Waals surface area (Å²) in [6.07, 6.45) is 4.91. The third-order valence-corrected chi connectivity index (χ3v) is 2.58. The van der Waals surface area contributed by atoms with E-state index in [2.05, 4.69) is 19.9 Å². The molecule has 0 aromatic carbocycles. The highest BCUT2D eigenvalue weighted by Crippen LogP contribution is 2.11. The third-order valence-electron chi connectivity index (χ3n) is 2.58. The van der Waals surface area contributed by atoms with Crippen LogP contribution in [0.5, 0.6) is 0 Å². The molecule has 2 aromatic heterocycles. The molecule has 0 spiro atoms. The van der Waals surface area contributed by atoms with Gasteiger partial charge in [0.05, 0.1) is 13.2 Å². The number of aromatic nitrogens is 5. The highest BCUT2D eigenvalue weighted by atomic mass is 16.5. The molecule has 9 heteroatoms. The summed E-state index contributed by atoms with van der Waals surface area (Å²) < 4.78 is 6.67. The molecule has 20 heavy (non-hydrogen) atoms. The summed E-state index contributed by atoms with van der Waals surface area (Å²) in [4.78, 5) is 18.2. The van der Waals surface area contributed by atoms with E-state index in [-0.39, 0.29) is 12.6 Å². The van der Waals surface area contributed by atoms with E-state index in [0.717, 1.165) is 0 Å². The number of nitrogens with zero attached hydrogens (tertiary/aromatic N) is 6. The zero-order valence-corrected chi connectivity index (χ0v) is 11.2. The van der Waals surface area contributed by atoms with Gasteiger partial charge in [-0.3, -0.25) is 4.57 Å². The Morgan fingerprint density at radius 2 is 2.20 bits per heavy atom. The van der Waals surface area contributed by atoms with Gasteiger partial charge >= 0.3 is 0 Å². The minimum Gasteiger partial charge on any atom is -0.395 e. The Balaban J connectivity index is 2.29. The summed E-state index contributed by atoms with van der Waals surface area (Å²) in [5.74, 6) is 0.886. The van der Waals surface area contributed by atoms with Gasteiger partial charge in [-0.15, -0.1) is 0 Å². The average Bonchev–Trinajstić information content (AvgIpc) is 2.97. The maximum atomic E-state index is 9.12. The van der Waals surface area contributed by atoms with Crippen molar-refractivity contribution in [1.82, 2.24) is 24.5 Å². The van der Waals surface area contributed by atoms with Gasteiger partial charge in [-0.05, 0) is 0 Å². The van der Waals surface area contributed by atoms with Crippen molar-refractivity contribution in [3.05, 3.63) is 18.7 Å². The quantitative estimate of drug-likeness (QED) is 0.669. The minimum atomic E-state index is -0.0181. The molecule has 2 heterocycles. The normalized spacial score (nSPS) is 10.7. The van der Waals surface area contributed by atoms with E-state index in [4.69, 9.17) is 15.6 Å². The number of imidazole rings is 1. The van der Waals surface area contributed by atoms with Crippen LogP contribution in [-0.4, -0.2) is 63.0 Å². The van der Waals surface area contributed by atoms with Crippen LogP contribution in [0, 0.1) is 0 Å². The molecule has 0 saturated carbocycles. The van der Waals surface area contributed by atoms with Crippen molar-refractivity contribution in [3.8, 4) is 5.95 Å². The van der Waals surface area contributed by atoms with Gasteiger partial charge in [-0.1, -0.05) is 0 Å². The van der Waals surface area contributed by atoms with Crippen LogP contribution in [0.25, 0.3) is 5.95 Å². The zero-order chi connectivity index (χ0) is 14.4. The molecule has 9 nitrogen and oxygen atoms in total. The van der Waals surface area contributed by atoms with Gasteiger partial charge in [-0.25, -0.2) is 4.98 Å². The number of nitrogens with two attached hydrogens (primary N) is 1. The Morgan fingerprint density at radius 3 is 2.85 bits per heavy atom. The average molecular weight is 279 g/mol. The Hall–Kier alpha value is -2.26. The highest BCUT2D eigenvalue weighted by molar-refractivity contribution is 5.37. The summed E-state index contributed by atoms with van der Waals surface area (Å²) in [6.45, 7) is 1.40. The molecule has 0 fully saturated rings. The van der Waals surface area contributed by atoms with Crippen LogP contribution in [0.3, 0.4) is 0 Å². The SMILES string of the molecule is COCCN(CCO)c1nc(N)nc(-n2ccnc2)n1. The lowest BCUT2D eigenvalue weighted by Gasteiger charge is -2.21. The van der Waals surface area contributed by atoms with Crippen LogP contribution in [0.2, 0.25) is 0 Å². The number of rotatable bonds is 7. The summed E-state index contributed by atoms with van der Waals surface area (Å²) in [5, 5.41) is 9.12. The van der Waals surface area contributed by atoms with Crippen molar-refractivity contribution in [2.75, 3.05) is 44.0 Å². The van der Waals surface area contributed by atoms with Gasteiger partial charge in [0.2, 0.25) is 17.8 Å². The van der Waals surface area contributed by atoms with Crippen LogP contribution in [0.1, 0.15) is 0 Å². The van der Waals surface area contributed by atoms with Crippen LogP contribution >= 0.6 is 0 Å². The highest BCUT2D eigenvalue weighted by Gasteiger charge is 2.13. The first-order valence-electron chi connectivity index (χ1n) is 6.09. The van der Waals surface area contributed by atoms with E-state index < -0.39 is 0 Å². The van der Waals surface area contributed by atoms with Crippen molar-refractivity contribution in [3.63, 3.8) is 0 Å². The molecule has 0 bridgehead atoms. The number of hydrogen-bond donors (Lipinski definition) is 2. The minimum absolute atomic E-state index is 0.0181. The number of ether oxygens (including phenoxy) is 1. The van der Waals surface area contributed by atoms with Crippen molar-refractivity contribution in [2.24, 2.45) is 0 Å². The monoisotopic (exact) mass is 279 g/mol. The molecular weight excluding hydrogens is 262 g/mol. The Kier molecular flexibility index (Phi) is 4.80. The molecule has 0 aliphatic rings. The molecule has 3 N–H and O–H groups in total. The maximum absolute atomic E-state index is 9.12. The first kappa shape index (κ1) is 14.2. The molecular formula is C11H17N7O2. The van der Waals surface area contributed by atoms with E-state index in [1.165, 1.54) is 0 Å². The number of aliphatic hydroxyl groups excluding tert-OH is 1. The lowest BCUT2D eigenvalue weighted by Crippen LogP contribution is -2.32. The van der Waals surface area contributed by atoms with Crippen LogP contribution in [0.4, 0.5) is 11.9 Å². The van der Waals surface area contributed by atoms with E-state index in [9.17, 15) is 0 Å². The second-order valence-corrected chi connectivity index (χ2v) is 3.97. The Bertz CT molecular complexity index is 532. The molecule has 0 radical (unpaired) electrons. The lowest BCUT2D eigenvalue weighted by atomic mass is 10.5. The second-order valence-electron chi connectivity index (χ2n) is 3.97. The number of nitrogen functional groups attached to an aromatic ring is 1.